The van der Waals surface area contributed by atoms with Crippen molar-refractivity contribution in [2.24, 2.45) is 0 Å². The molecule has 0 atom stereocenters. The molecular formula is C11H8Cl3N3O. The summed E-state index contributed by atoms with van der Waals surface area (Å²) in [5.74, 6) is 0.224. The van der Waals surface area contributed by atoms with Crippen LogP contribution in [0.2, 0.25) is 15.1 Å². The molecule has 0 fully saturated rings. The van der Waals surface area contributed by atoms with E-state index in [1.165, 1.54) is 6.33 Å². The Morgan fingerprint density at radius 1 is 1.22 bits per heavy atom. The lowest BCUT2D eigenvalue weighted by molar-refractivity contribution is 1.12. The zero-order valence-corrected chi connectivity index (χ0v) is 11.5. The van der Waals surface area contributed by atoms with Gasteiger partial charge in [0.15, 0.2) is 5.82 Å². The quantitative estimate of drug-likeness (QED) is 0.887. The maximum absolute atomic E-state index is 11.3. The van der Waals surface area contributed by atoms with Gasteiger partial charge in [-0.2, -0.15) is 0 Å². The maximum atomic E-state index is 11.3. The molecule has 2 aromatic rings. The van der Waals surface area contributed by atoms with Crippen LogP contribution in [0.1, 0.15) is 5.56 Å². The smallest absolute Gasteiger partial charge is 0.271 e. The number of hydrogen-bond donors (Lipinski definition) is 2. The van der Waals surface area contributed by atoms with Gasteiger partial charge >= 0.3 is 0 Å². The number of aromatic amines is 1. The molecule has 0 amide bonds. The van der Waals surface area contributed by atoms with Crippen molar-refractivity contribution in [3.05, 3.63) is 49.4 Å². The van der Waals surface area contributed by atoms with Crippen molar-refractivity contribution < 1.29 is 0 Å². The number of benzene rings is 1. The number of nitrogens with zero attached hydrogens (tertiary/aromatic N) is 1. The van der Waals surface area contributed by atoms with E-state index in [1.54, 1.807) is 12.1 Å². The third-order valence-corrected chi connectivity index (χ3v) is 3.37. The van der Waals surface area contributed by atoms with Gasteiger partial charge in [0.2, 0.25) is 0 Å². The van der Waals surface area contributed by atoms with Gasteiger partial charge in [-0.05, 0) is 24.6 Å². The zero-order chi connectivity index (χ0) is 13.3. The Bertz CT molecular complexity index is 654. The van der Waals surface area contributed by atoms with E-state index in [1.807, 2.05) is 6.92 Å². The van der Waals surface area contributed by atoms with Crippen molar-refractivity contribution in [3.8, 4) is 0 Å². The first-order valence-electron chi connectivity index (χ1n) is 4.95. The van der Waals surface area contributed by atoms with Crippen molar-refractivity contribution in [3.63, 3.8) is 0 Å². The molecule has 0 saturated heterocycles. The molecule has 0 aliphatic carbocycles. The number of aryl methyl sites for hydroxylation is 1. The third-order valence-electron chi connectivity index (χ3n) is 2.30. The Hall–Kier alpha value is -1.23. The van der Waals surface area contributed by atoms with Crippen LogP contribution < -0.4 is 10.9 Å². The van der Waals surface area contributed by atoms with Crippen LogP contribution in [0.5, 0.6) is 0 Å². The zero-order valence-electron chi connectivity index (χ0n) is 9.22. The minimum Gasteiger partial charge on any atom is -0.338 e. The van der Waals surface area contributed by atoms with E-state index >= 15 is 0 Å². The number of halogens is 3. The summed E-state index contributed by atoms with van der Waals surface area (Å²) in [7, 11) is 0. The standard InChI is InChI=1S/C11H8Cl3N3O/c1-5-2-7(13)8(3-6(5)12)17-10-9(14)11(18)16-4-15-10/h2-4H,1H3,(H2,15,16,17,18). The van der Waals surface area contributed by atoms with Gasteiger partial charge in [-0.25, -0.2) is 4.98 Å². The maximum Gasteiger partial charge on any atom is 0.271 e. The van der Waals surface area contributed by atoms with E-state index in [-0.39, 0.29) is 10.8 Å². The van der Waals surface area contributed by atoms with E-state index in [4.69, 9.17) is 34.8 Å². The second-order valence-electron chi connectivity index (χ2n) is 3.60. The molecule has 0 unspecified atom stereocenters. The van der Waals surface area contributed by atoms with Crippen LogP contribution in [-0.4, -0.2) is 9.97 Å². The van der Waals surface area contributed by atoms with Crippen LogP contribution in [0, 0.1) is 6.92 Å². The molecule has 0 bridgehead atoms. The van der Waals surface area contributed by atoms with Gasteiger partial charge in [-0.1, -0.05) is 34.8 Å². The van der Waals surface area contributed by atoms with Gasteiger partial charge in [0.25, 0.3) is 5.56 Å². The highest BCUT2D eigenvalue weighted by Gasteiger charge is 2.09. The Balaban J connectivity index is 2.43. The predicted molar refractivity (Wildman–Crippen MR) is 74.3 cm³/mol. The Labute approximate surface area is 118 Å². The molecule has 2 N–H and O–H groups in total. The summed E-state index contributed by atoms with van der Waals surface area (Å²) in [4.78, 5) is 17.6. The Morgan fingerprint density at radius 3 is 2.67 bits per heavy atom. The minimum atomic E-state index is -0.427. The lowest BCUT2D eigenvalue weighted by atomic mass is 10.2. The van der Waals surface area contributed by atoms with Crippen molar-refractivity contribution in [2.45, 2.75) is 6.92 Å². The van der Waals surface area contributed by atoms with Gasteiger partial charge in [-0.3, -0.25) is 4.79 Å². The molecule has 7 heteroatoms. The summed E-state index contributed by atoms with van der Waals surface area (Å²) < 4.78 is 0. The lowest BCUT2D eigenvalue weighted by Crippen LogP contribution is -2.09. The summed E-state index contributed by atoms with van der Waals surface area (Å²) in [6.07, 6.45) is 1.25. The summed E-state index contributed by atoms with van der Waals surface area (Å²) in [6.45, 7) is 1.84. The highest BCUT2D eigenvalue weighted by Crippen LogP contribution is 2.31. The number of hydrogen-bond acceptors (Lipinski definition) is 3. The van der Waals surface area contributed by atoms with Crippen molar-refractivity contribution in [1.82, 2.24) is 9.97 Å². The second kappa shape index (κ2) is 5.18. The first kappa shape index (κ1) is 13.2. The largest absolute Gasteiger partial charge is 0.338 e. The van der Waals surface area contributed by atoms with Gasteiger partial charge in [0.1, 0.15) is 5.02 Å². The summed E-state index contributed by atoms with van der Waals surface area (Å²) in [5, 5.41) is 3.86. The van der Waals surface area contributed by atoms with Gasteiger partial charge in [-0.15, -0.1) is 0 Å². The van der Waals surface area contributed by atoms with Crippen LogP contribution in [-0.2, 0) is 0 Å². The average molecular weight is 305 g/mol. The van der Waals surface area contributed by atoms with Crippen LogP contribution in [0.15, 0.2) is 23.3 Å². The first-order chi connectivity index (χ1) is 8.49. The van der Waals surface area contributed by atoms with Gasteiger partial charge < -0.3 is 10.3 Å². The summed E-state index contributed by atoms with van der Waals surface area (Å²) in [5.41, 5.74) is 0.966. The van der Waals surface area contributed by atoms with Crippen LogP contribution in [0.4, 0.5) is 11.5 Å². The number of H-pyrrole nitrogens is 1. The Kier molecular flexibility index (Phi) is 3.80. The second-order valence-corrected chi connectivity index (χ2v) is 4.79. The molecule has 2 rings (SSSR count). The Morgan fingerprint density at radius 2 is 1.94 bits per heavy atom. The molecule has 1 aromatic carbocycles. The lowest BCUT2D eigenvalue weighted by Gasteiger charge is -2.10. The first-order valence-corrected chi connectivity index (χ1v) is 6.08. The van der Waals surface area contributed by atoms with E-state index in [9.17, 15) is 4.79 Å². The van der Waals surface area contributed by atoms with E-state index in [0.717, 1.165) is 5.56 Å². The highest BCUT2D eigenvalue weighted by molar-refractivity contribution is 6.36. The fourth-order valence-electron chi connectivity index (χ4n) is 1.34. The van der Waals surface area contributed by atoms with Crippen LogP contribution in [0.25, 0.3) is 0 Å². The fourth-order valence-corrected chi connectivity index (χ4v) is 1.92. The number of aromatic nitrogens is 2. The number of anilines is 2. The van der Waals surface area contributed by atoms with E-state index in [0.29, 0.717) is 15.7 Å². The predicted octanol–water partition coefficient (Wildman–Crippen LogP) is 3.78. The van der Waals surface area contributed by atoms with Gasteiger partial charge in [0, 0.05) is 5.02 Å². The van der Waals surface area contributed by atoms with Gasteiger partial charge in [0.05, 0.1) is 17.0 Å². The molecule has 0 spiro atoms. The normalized spacial score (nSPS) is 10.4. The molecule has 0 aliphatic rings. The van der Waals surface area contributed by atoms with Crippen LogP contribution >= 0.6 is 34.8 Å². The third kappa shape index (κ3) is 2.61. The molecule has 18 heavy (non-hydrogen) atoms. The molecule has 94 valence electrons. The van der Waals surface area contributed by atoms with E-state index in [2.05, 4.69) is 15.3 Å². The molecule has 1 aromatic heterocycles. The minimum absolute atomic E-state index is 0.0368. The molecule has 0 aliphatic heterocycles. The highest BCUT2D eigenvalue weighted by atomic mass is 35.5. The monoisotopic (exact) mass is 303 g/mol. The topological polar surface area (TPSA) is 57.8 Å². The average Bonchev–Trinajstić information content (AvgIpc) is 2.32. The molecule has 4 nitrogen and oxygen atoms in total. The summed E-state index contributed by atoms with van der Waals surface area (Å²) >= 11 is 17.9. The molecule has 0 radical (unpaired) electrons. The van der Waals surface area contributed by atoms with Crippen molar-refractivity contribution in [1.29, 1.82) is 0 Å². The molecule has 0 saturated carbocycles. The van der Waals surface area contributed by atoms with Crippen molar-refractivity contribution >= 4 is 46.3 Å². The van der Waals surface area contributed by atoms with E-state index < -0.39 is 5.56 Å². The summed E-state index contributed by atoms with van der Waals surface area (Å²) in [6, 6.07) is 3.37. The number of rotatable bonds is 2. The molecule has 1 heterocycles. The van der Waals surface area contributed by atoms with Crippen molar-refractivity contribution in [2.75, 3.05) is 5.32 Å². The molecular weight excluding hydrogens is 296 g/mol. The number of nitrogens with one attached hydrogen (secondary N) is 2. The fraction of sp³-hybridized carbons (Fsp3) is 0.0909. The van der Waals surface area contributed by atoms with Crippen LogP contribution in [0.3, 0.4) is 0 Å². The SMILES string of the molecule is Cc1cc(Cl)c(Nc2nc[nH]c(=O)c2Cl)cc1Cl.